The fourth-order valence-corrected chi connectivity index (χ4v) is 2.99. The van der Waals surface area contributed by atoms with Gasteiger partial charge in [0.1, 0.15) is 0 Å². The topological polar surface area (TPSA) is 83.9 Å². The fraction of sp³-hybridized carbons (Fsp3) is 0.750. The number of rotatable bonds is 4. The van der Waals surface area contributed by atoms with Crippen LogP contribution >= 0.6 is 0 Å². The summed E-state index contributed by atoms with van der Waals surface area (Å²) >= 11 is 0. The van der Waals surface area contributed by atoms with Crippen LogP contribution in [0.2, 0.25) is 0 Å². The predicted molar refractivity (Wildman–Crippen MR) is 60.7 cm³/mol. The van der Waals surface area contributed by atoms with Gasteiger partial charge >= 0.3 is 5.97 Å². The summed E-state index contributed by atoms with van der Waals surface area (Å²) in [5, 5.41) is 9.11. The molecule has 1 saturated carbocycles. The van der Waals surface area contributed by atoms with Crippen LogP contribution in [0.5, 0.6) is 0 Å². The lowest BCUT2D eigenvalue weighted by Crippen LogP contribution is -2.48. The quantitative estimate of drug-likeness (QED) is 0.735. The van der Waals surface area contributed by atoms with Crippen molar-refractivity contribution in [3.63, 3.8) is 0 Å². The van der Waals surface area contributed by atoms with E-state index in [0.29, 0.717) is 12.8 Å². The van der Waals surface area contributed by atoms with Crippen molar-refractivity contribution >= 4 is 17.8 Å². The van der Waals surface area contributed by atoms with Crippen molar-refractivity contribution in [1.82, 2.24) is 4.90 Å². The average molecular weight is 255 g/mol. The third-order valence-corrected chi connectivity index (χ3v) is 3.91. The van der Waals surface area contributed by atoms with Gasteiger partial charge in [0.15, 0.2) is 6.04 Å². The first kappa shape index (κ1) is 13.0. The van der Waals surface area contributed by atoms with Gasteiger partial charge in [-0.3, -0.25) is 14.5 Å². The fourth-order valence-electron chi connectivity index (χ4n) is 2.99. The van der Waals surface area contributed by atoms with Gasteiger partial charge in [-0.05, 0) is 12.8 Å². The standard InChI is InChI=1S/C12H17NO5/c1-18-7-8(10(15)16)13-9(14)6-12(11(13)17)4-2-3-5-12/h8H,2-7H2,1H3,(H,15,16). The van der Waals surface area contributed by atoms with E-state index in [1.165, 1.54) is 7.11 Å². The summed E-state index contributed by atoms with van der Waals surface area (Å²) in [5.41, 5.74) is -0.626. The molecular formula is C12H17NO5. The van der Waals surface area contributed by atoms with Gasteiger partial charge in [0.05, 0.1) is 12.0 Å². The highest BCUT2D eigenvalue weighted by atomic mass is 16.5. The Morgan fingerprint density at radius 1 is 1.44 bits per heavy atom. The van der Waals surface area contributed by atoms with E-state index in [4.69, 9.17) is 9.84 Å². The zero-order chi connectivity index (χ0) is 13.3. The minimum Gasteiger partial charge on any atom is -0.480 e. The SMILES string of the molecule is COCC(C(=O)O)N1C(=O)CC2(CCCC2)C1=O. The molecule has 1 unspecified atom stereocenters. The Hall–Kier alpha value is -1.43. The maximum Gasteiger partial charge on any atom is 0.329 e. The highest BCUT2D eigenvalue weighted by molar-refractivity contribution is 6.08. The van der Waals surface area contributed by atoms with Gasteiger partial charge < -0.3 is 9.84 Å². The summed E-state index contributed by atoms with van der Waals surface area (Å²) in [5.74, 6) is -1.91. The molecule has 2 amide bonds. The van der Waals surface area contributed by atoms with Crippen molar-refractivity contribution in [2.75, 3.05) is 13.7 Å². The van der Waals surface area contributed by atoms with Gasteiger partial charge in [-0.25, -0.2) is 4.79 Å². The molecule has 0 radical (unpaired) electrons. The lowest BCUT2D eigenvalue weighted by atomic mass is 9.84. The predicted octanol–water partition coefficient (Wildman–Crippen LogP) is 0.405. The highest BCUT2D eigenvalue weighted by Crippen LogP contribution is 2.47. The molecule has 1 atom stereocenters. The molecule has 1 spiro atoms. The zero-order valence-electron chi connectivity index (χ0n) is 10.3. The number of hydrogen-bond acceptors (Lipinski definition) is 4. The van der Waals surface area contributed by atoms with Gasteiger partial charge in [0.25, 0.3) is 0 Å². The van der Waals surface area contributed by atoms with E-state index in [2.05, 4.69) is 0 Å². The van der Waals surface area contributed by atoms with Gasteiger partial charge in [-0.1, -0.05) is 12.8 Å². The van der Waals surface area contributed by atoms with Crippen LogP contribution in [0.4, 0.5) is 0 Å². The van der Waals surface area contributed by atoms with Crippen LogP contribution in [0.3, 0.4) is 0 Å². The van der Waals surface area contributed by atoms with Gasteiger partial charge in [-0.15, -0.1) is 0 Å². The summed E-state index contributed by atoms with van der Waals surface area (Å²) < 4.78 is 4.80. The zero-order valence-corrected chi connectivity index (χ0v) is 10.3. The van der Waals surface area contributed by atoms with Crippen molar-refractivity contribution in [3.05, 3.63) is 0 Å². The van der Waals surface area contributed by atoms with E-state index in [1.54, 1.807) is 0 Å². The van der Waals surface area contributed by atoms with Crippen LogP contribution in [0.1, 0.15) is 32.1 Å². The molecule has 1 heterocycles. The number of ether oxygens (including phenoxy) is 1. The van der Waals surface area contributed by atoms with Gasteiger partial charge in [0.2, 0.25) is 11.8 Å². The number of carboxylic acids is 1. The van der Waals surface area contributed by atoms with E-state index in [0.717, 1.165) is 17.7 Å². The lowest BCUT2D eigenvalue weighted by Gasteiger charge is -2.25. The summed E-state index contributed by atoms with van der Waals surface area (Å²) in [6.45, 7) is -0.164. The lowest BCUT2D eigenvalue weighted by molar-refractivity contribution is -0.157. The van der Waals surface area contributed by atoms with Crippen molar-refractivity contribution in [1.29, 1.82) is 0 Å². The molecule has 1 N–H and O–H groups in total. The molecule has 1 aliphatic heterocycles. The summed E-state index contributed by atoms with van der Waals surface area (Å²) in [6, 6.07) is -1.20. The number of carbonyl (C=O) groups excluding carboxylic acids is 2. The molecule has 1 aliphatic carbocycles. The molecule has 0 aromatic rings. The maximum atomic E-state index is 12.3. The second kappa shape index (κ2) is 4.68. The molecule has 0 aromatic heterocycles. The molecule has 1 saturated heterocycles. The first-order valence-electron chi connectivity index (χ1n) is 6.10. The minimum atomic E-state index is -1.20. The highest BCUT2D eigenvalue weighted by Gasteiger charge is 2.55. The number of imide groups is 1. The van der Waals surface area contributed by atoms with Gasteiger partial charge in [0, 0.05) is 13.5 Å². The first-order chi connectivity index (χ1) is 8.52. The normalized spacial score (nSPS) is 23.9. The molecule has 100 valence electrons. The number of amides is 2. The second-order valence-corrected chi connectivity index (χ2v) is 5.04. The van der Waals surface area contributed by atoms with Crippen molar-refractivity contribution in [2.45, 2.75) is 38.1 Å². The van der Waals surface area contributed by atoms with E-state index in [-0.39, 0.29) is 24.8 Å². The number of hydrogen-bond donors (Lipinski definition) is 1. The summed E-state index contributed by atoms with van der Waals surface area (Å²) in [7, 11) is 1.35. The number of aliphatic carboxylic acids is 1. The number of carbonyl (C=O) groups is 3. The molecule has 0 aromatic carbocycles. The Morgan fingerprint density at radius 3 is 2.56 bits per heavy atom. The summed E-state index contributed by atoms with van der Waals surface area (Å²) in [4.78, 5) is 36.3. The van der Waals surface area contributed by atoms with Crippen molar-refractivity contribution in [2.24, 2.45) is 5.41 Å². The van der Waals surface area contributed by atoms with Crippen LogP contribution in [0.25, 0.3) is 0 Å². The number of nitrogens with zero attached hydrogens (tertiary/aromatic N) is 1. The molecule has 2 rings (SSSR count). The van der Waals surface area contributed by atoms with Crippen LogP contribution in [0, 0.1) is 5.41 Å². The van der Waals surface area contributed by atoms with Crippen molar-refractivity contribution in [3.8, 4) is 0 Å². The third kappa shape index (κ3) is 1.90. The molecule has 2 fully saturated rings. The van der Waals surface area contributed by atoms with E-state index < -0.39 is 17.4 Å². The molecule has 6 nitrogen and oxygen atoms in total. The Bertz CT molecular complexity index is 386. The van der Waals surface area contributed by atoms with Crippen LogP contribution in [-0.4, -0.2) is 47.5 Å². The summed E-state index contributed by atoms with van der Waals surface area (Å²) in [6.07, 6.45) is 3.38. The minimum absolute atomic E-state index is 0.152. The number of carboxylic acid groups (broad SMARTS) is 1. The molecule has 6 heteroatoms. The smallest absolute Gasteiger partial charge is 0.329 e. The monoisotopic (exact) mass is 255 g/mol. The van der Waals surface area contributed by atoms with E-state index in [1.807, 2.05) is 0 Å². The number of likely N-dealkylation sites (tertiary alicyclic amines) is 1. The largest absolute Gasteiger partial charge is 0.480 e. The molecule has 2 aliphatic rings. The molecule has 0 bridgehead atoms. The third-order valence-electron chi connectivity index (χ3n) is 3.91. The first-order valence-corrected chi connectivity index (χ1v) is 6.10. The van der Waals surface area contributed by atoms with Gasteiger partial charge in [-0.2, -0.15) is 0 Å². The Morgan fingerprint density at radius 2 is 2.06 bits per heavy atom. The maximum absolute atomic E-state index is 12.3. The van der Waals surface area contributed by atoms with Crippen LogP contribution in [0.15, 0.2) is 0 Å². The molecule has 18 heavy (non-hydrogen) atoms. The van der Waals surface area contributed by atoms with E-state index >= 15 is 0 Å². The number of methoxy groups -OCH3 is 1. The van der Waals surface area contributed by atoms with Crippen LogP contribution in [-0.2, 0) is 19.1 Å². The second-order valence-electron chi connectivity index (χ2n) is 5.04. The Kier molecular flexibility index (Phi) is 3.38. The van der Waals surface area contributed by atoms with E-state index in [9.17, 15) is 14.4 Å². The van der Waals surface area contributed by atoms with Crippen LogP contribution < -0.4 is 0 Å². The average Bonchev–Trinajstić information content (AvgIpc) is 2.85. The Balaban J connectivity index is 2.25. The van der Waals surface area contributed by atoms with Crippen molar-refractivity contribution < 1.29 is 24.2 Å². The molecular weight excluding hydrogens is 238 g/mol. The Labute approximate surface area is 105 Å².